The van der Waals surface area contributed by atoms with Crippen LogP contribution in [0.3, 0.4) is 0 Å². The first-order valence-electron chi connectivity index (χ1n) is 14.1. The van der Waals surface area contributed by atoms with Crippen molar-refractivity contribution < 1.29 is 31.3 Å². The van der Waals surface area contributed by atoms with Gasteiger partial charge >= 0.3 is 0 Å². The molecule has 5 aromatic rings. The second kappa shape index (κ2) is 10.9. The van der Waals surface area contributed by atoms with Gasteiger partial charge in [-0.3, -0.25) is 4.48 Å². The predicted octanol–water partition coefficient (Wildman–Crippen LogP) is 3.74. The van der Waals surface area contributed by atoms with E-state index >= 15 is 0 Å². The third kappa shape index (κ3) is 4.89. The highest BCUT2D eigenvalue weighted by atomic mass is 79.9. The highest BCUT2D eigenvalue weighted by molar-refractivity contribution is 5.94. The lowest BCUT2D eigenvalue weighted by Crippen LogP contribution is -3.00. The summed E-state index contributed by atoms with van der Waals surface area (Å²) in [6.07, 6.45) is 8.30. The van der Waals surface area contributed by atoms with Crippen molar-refractivity contribution in [2.45, 2.75) is 37.8 Å². The number of aliphatic hydroxyl groups excluding tert-OH is 1. The summed E-state index contributed by atoms with van der Waals surface area (Å²) in [4.78, 5) is 9.70. The summed E-state index contributed by atoms with van der Waals surface area (Å²) in [5.41, 5.74) is 5.03. The van der Waals surface area contributed by atoms with Crippen LogP contribution in [0.4, 0.5) is 0 Å². The molecule has 3 fully saturated rings. The predicted molar refractivity (Wildman–Crippen MR) is 156 cm³/mol. The Morgan fingerprint density at radius 1 is 0.900 bits per heavy atom. The number of benzene rings is 3. The summed E-state index contributed by atoms with van der Waals surface area (Å²) in [7, 11) is 1.67. The van der Waals surface area contributed by atoms with Crippen LogP contribution in [0.1, 0.15) is 36.6 Å². The van der Waals surface area contributed by atoms with Crippen LogP contribution < -0.4 is 21.7 Å². The van der Waals surface area contributed by atoms with Crippen molar-refractivity contribution in [2.75, 3.05) is 20.2 Å². The highest BCUT2D eigenvalue weighted by Crippen LogP contribution is 2.41. The lowest BCUT2D eigenvalue weighted by atomic mass is 9.78. The van der Waals surface area contributed by atoms with Crippen LogP contribution >= 0.6 is 0 Å². The largest absolute Gasteiger partial charge is 1.00 e. The van der Waals surface area contributed by atoms with Crippen molar-refractivity contribution in [3.8, 4) is 5.75 Å². The van der Waals surface area contributed by atoms with Gasteiger partial charge in [-0.1, -0.05) is 36.4 Å². The number of pyridine rings is 2. The molecule has 3 aromatic carbocycles. The zero-order valence-corrected chi connectivity index (χ0v) is 24.3. The van der Waals surface area contributed by atoms with Crippen molar-refractivity contribution in [2.24, 2.45) is 5.92 Å². The number of rotatable bonds is 6. The molecule has 3 aliphatic heterocycles. The monoisotopic (exact) mass is 595 g/mol. The normalized spacial score (nSPS) is 23.1. The van der Waals surface area contributed by atoms with Gasteiger partial charge in [-0.05, 0) is 53.9 Å². The average Bonchev–Trinajstić information content (AvgIpc) is 2.99. The fourth-order valence-electron chi connectivity index (χ4n) is 6.89. The van der Waals surface area contributed by atoms with Crippen LogP contribution in [0.5, 0.6) is 5.75 Å². The van der Waals surface area contributed by atoms with E-state index in [1.165, 1.54) is 35.6 Å². The molecule has 0 unspecified atom stereocenters. The zero-order chi connectivity index (χ0) is 26.4. The van der Waals surface area contributed by atoms with E-state index in [9.17, 15) is 5.11 Å². The van der Waals surface area contributed by atoms with E-state index in [0.29, 0.717) is 11.7 Å². The Balaban J connectivity index is 0.00000289. The molecule has 2 aromatic heterocycles. The maximum Gasteiger partial charge on any atom is 0.119 e. The number of quaternary nitrogens is 1. The van der Waals surface area contributed by atoms with E-state index < -0.39 is 6.10 Å². The first-order valence-corrected chi connectivity index (χ1v) is 14.1. The number of fused-ring (bicyclic) bond motifs is 6. The number of ether oxygens (including phenoxy) is 1. The van der Waals surface area contributed by atoms with Crippen molar-refractivity contribution in [1.82, 2.24) is 9.97 Å². The molecule has 5 nitrogen and oxygen atoms in total. The van der Waals surface area contributed by atoms with Crippen LogP contribution in [-0.4, -0.2) is 45.8 Å². The number of halogens is 1. The van der Waals surface area contributed by atoms with Gasteiger partial charge in [0.1, 0.15) is 11.9 Å². The smallest absolute Gasteiger partial charge is 0.119 e. The molecule has 2 bridgehead atoms. The molecule has 3 aliphatic rings. The number of para-hydroxylation sites is 1. The fourth-order valence-corrected chi connectivity index (χ4v) is 6.89. The zero-order valence-electron chi connectivity index (χ0n) is 22.7. The van der Waals surface area contributed by atoms with Gasteiger partial charge in [-0.2, -0.15) is 0 Å². The molecule has 0 saturated carbocycles. The van der Waals surface area contributed by atoms with Crippen LogP contribution in [0.2, 0.25) is 0 Å². The molecule has 204 valence electrons. The van der Waals surface area contributed by atoms with E-state index in [2.05, 4.69) is 54.7 Å². The standard InChI is InChI=1S/C34H34N3O2.BrH/c1-39-28-10-12-31-26(21-28)9-11-33(36-31)34(38)15-18-37-16-13-23(14-17-37)19-27(37)20-24-6-4-8-32-29(24)22-25-5-2-3-7-30(25)35-32;/h2-12,15,18,21-23,27,34,38H,13-14,16-17,19-20H2,1H3;1H/q+1;/p-1/t23?,27-,34+,37?;/m0./s1. The van der Waals surface area contributed by atoms with Gasteiger partial charge < -0.3 is 26.8 Å². The summed E-state index contributed by atoms with van der Waals surface area (Å²) in [6, 6.07) is 27.5. The molecule has 0 amide bonds. The van der Waals surface area contributed by atoms with E-state index in [1.807, 2.05) is 36.4 Å². The van der Waals surface area contributed by atoms with Crippen LogP contribution in [0, 0.1) is 5.92 Å². The molecule has 8 rings (SSSR count). The molecule has 0 spiro atoms. The van der Waals surface area contributed by atoms with E-state index in [4.69, 9.17) is 14.7 Å². The summed E-state index contributed by atoms with van der Waals surface area (Å²) in [6.45, 7) is 2.27. The van der Waals surface area contributed by atoms with E-state index in [-0.39, 0.29) is 17.0 Å². The minimum atomic E-state index is -0.738. The van der Waals surface area contributed by atoms with Crippen molar-refractivity contribution in [1.29, 1.82) is 0 Å². The van der Waals surface area contributed by atoms with Crippen LogP contribution in [0.25, 0.3) is 32.7 Å². The minimum absolute atomic E-state index is 0. The Hall–Kier alpha value is -3.32. The molecular formula is C34H34BrN3O2. The summed E-state index contributed by atoms with van der Waals surface area (Å²) in [5.74, 6) is 1.62. The Morgan fingerprint density at radius 3 is 2.52 bits per heavy atom. The molecule has 40 heavy (non-hydrogen) atoms. The molecule has 5 heterocycles. The highest BCUT2D eigenvalue weighted by Gasteiger charge is 2.46. The van der Waals surface area contributed by atoms with Gasteiger partial charge in [0.05, 0.1) is 54.7 Å². The topological polar surface area (TPSA) is 55.2 Å². The average molecular weight is 597 g/mol. The van der Waals surface area contributed by atoms with Gasteiger partial charge in [-0.15, -0.1) is 0 Å². The number of methoxy groups -OCH3 is 1. The number of hydrogen-bond acceptors (Lipinski definition) is 4. The maximum atomic E-state index is 11.2. The summed E-state index contributed by atoms with van der Waals surface area (Å²) in [5, 5.41) is 14.6. The quantitative estimate of drug-likeness (QED) is 0.240. The van der Waals surface area contributed by atoms with E-state index in [1.54, 1.807) is 7.11 Å². The van der Waals surface area contributed by atoms with Crippen molar-refractivity contribution in [3.05, 3.63) is 102 Å². The van der Waals surface area contributed by atoms with E-state index in [0.717, 1.165) is 57.6 Å². The first kappa shape index (κ1) is 26.9. The Bertz CT molecular complexity index is 1710. The number of piperidine rings is 3. The third-order valence-electron chi connectivity index (χ3n) is 9.13. The molecule has 2 atom stereocenters. The van der Waals surface area contributed by atoms with Gasteiger partial charge in [0.25, 0.3) is 0 Å². The number of aromatic nitrogens is 2. The second-order valence-electron chi connectivity index (χ2n) is 11.3. The van der Waals surface area contributed by atoms with Crippen molar-refractivity contribution >= 4 is 32.7 Å². The number of nitrogens with zero attached hydrogens (tertiary/aromatic N) is 3. The molecule has 0 radical (unpaired) electrons. The third-order valence-corrected chi connectivity index (χ3v) is 9.13. The summed E-state index contributed by atoms with van der Waals surface area (Å²) >= 11 is 0. The Labute approximate surface area is 245 Å². The molecular weight excluding hydrogens is 562 g/mol. The maximum absolute atomic E-state index is 11.2. The molecule has 3 saturated heterocycles. The Kier molecular flexibility index (Phi) is 7.34. The lowest BCUT2D eigenvalue weighted by molar-refractivity contribution is -0.920. The SMILES string of the molecule is COc1ccc2nc([C@H](O)C=C[N+]34CCC(CC3)C[C@H]4Cc3cccc4nc5ccccc5cc34)ccc2c1.[Br-]. The lowest BCUT2D eigenvalue weighted by Gasteiger charge is -2.52. The van der Waals surface area contributed by atoms with Crippen LogP contribution in [0.15, 0.2) is 91.1 Å². The van der Waals surface area contributed by atoms with Gasteiger partial charge in [0, 0.05) is 47.9 Å². The minimum Gasteiger partial charge on any atom is -1.00 e. The number of hydrogen-bond donors (Lipinski definition) is 1. The summed E-state index contributed by atoms with van der Waals surface area (Å²) < 4.78 is 6.27. The van der Waals surface area contributed by atoms with Crippen molar-refractivity contribution in [3.63, 3.8) is 0 Å². The number of aliphatic hydroxyl groups is 1. The molecule has 1 N–H and O–H groups in total. The van der Waals surface area contributed by atoms with Crippen LogP contribution in [-0.2, 0) is 6.42 Å². The van der Waals surface area contributed by atoms with Gasteiger partial charge in [0.2, 0.25) is 0 Å². The second-order valence-corrected chi connectivity index (χ2v) is 11.3. The Morgan fingerprint density at radius 2 is 1.68 bits per heavy atom. The van der Waals surface area contributed by atoms with Gasteiger partial charge in [0.15, 0.2) is 0 Å². The van der Waals surface area contributed by atoms with Gasteiger partial charge in [-0.25, -0.2) is 9.97 Å². The first-order chi connectivity index (χ1) is 19.1. The fraction of sp³-hybridized carbons (Fsp3) is 0.294. The molecule has 6 heteroatoms. The molecule has 0 aliphatic carbocycles.